The third-order valence-corrected chi connectivity index (χ3v) is 5.82. The van der Waals surface area contributed by atoms with E-state index in [4.69, 9.17) is 0 Å². The van der Waals surface area contributed by atoms with Crippen LogP contribution < -0.4 is 14.9 Å². The molecule has 22 heavy (non-hydrogen) atoms. The van der Waals surface area contributed by atoms with Gasteiger partial charge in [0.1, 0.15) is 0 Å². The van der Waals surface area contributed by atoms with Crippen molar-refractivity contribution < 1.29 is 13.2 Å². The number of carbonyl (C=O) groups is 1. The molecule has 2 heterocycles. The molecule has 2 aliphatic heterocycles. The first-order chi connectivity index (χ1) is 10.5. The molecule has 120 valence electrons. The van der Waals surface area contributed by atoms with Crippen molar-refractivity contribution in [3.8, 4) is 0 Å². The van der Waals surface area contributed by atoms with Gasteiger partial charge in [-0.3, -0.25) is 4.79 Å². The van der Waals surface area contributed by atoms with E-state index in [1.807, 2.05) is 6.07 Å². The highest BCUT2D eigenvalue weighted by atomic mass is 32.2. The van der Waals surface area contributed by atoms with Gasteiger partial charge in [-0.15, -0.1) is 0 Å². The number of nitrogens with one attached hydrogen (secondary N) is 2. The number of hydrogen-bond donors (Lipinski definition) is 2. The lowest BCUT2D eigenvalue weighted by Crippen LogP contribution is -2.42. The van der Waals surface area contributed by atoms with Crippen LogP contribution in [0.3, 0.4) is 0 Å². The largest absolute Gasteiger partial charge is 0.317 e. The second-order valence-corrected chi connectivity index (χ2v) is 7.57. The Kier molecular flexibility index (Phi) is 4.20. The highest BCUT2D eigenvalue weighted by Crippen LogP contribution is 2.30. The van der Waals surface area contributed by atoms with Gasteiger partial charge in [0.15, 0.2) is 0 Å². The van der Waals surface area contributed by atoms with Crippen molar-refractivity contribution in [2.45, 2.75) is 37.1 Å². The van der Waals surface area contributed by atoms with Crippen molar-refractivity contribution >= 4 is 21.6 Å². The van der Waals surface area contributed by atoms with Crippen molar-refractivity contribution in [2.75, 3.05) is 24.5 Å². The van der Waals surface area contributed by atoms with E-state index in [9.17, 15) is 13.2 Å². The quantitative estimate of drug-likeness (QED) is 0.855. The predicted octanol–water partition coefficient (Wildman–Crippen LogP) is 0.626. The molecule has 0 spiro atoms. The molecule has 0 aromatic heterocycles. The topological polar surface area (TPSA) is 78.5 Å². The van der Waals surface area contributed by atoms with E-state index in [-0.39, 0.29) is 16.8 Å². The van der Waals surface area contributed by atoms with Crippen LogP contribution in [-0.4, -0.2) is 40.0 Å². The monoisotopic (exact) mass is 323 g/mol. The Morgan fingerprint density at radius 2 is 2.05 bits per heavy atom. The summed E-state index contributed by atoms with van der Waals surface area (Å²) in [4.78, 5) is 13.5. The van der Waals surface area contributed by atoms with E-state index >= 15 is 0 Å². The summed E-state index contributed by atoms with van der Waals surface area (Å²) in [5.41, 5.74) is 1.75. The second kappa shape index (κ2) is 5.98. The van der Waals surface area contributed by atoms with Crippen LogP contribution >= 0.6 is 0 Å². The van der Waals surface area contributed by atoms with Crippen molar-refractivity contribution in [2.24, 2.45) is 0 Å². The third-order valence-electron chi connectivity index (χ3n) is 4.30. The summed E-state index contributed by atoms with van der Waals surface area (Å²) in [5.74, 6) is -0.0559. The van der Waals surface area contributed by atoms with Crippen LogP contribution in [0.5, 0.6) is 0 Å². The molecule has 7 heteroatoms. The van der Waals surface area contributed by atoms with E-state index in [0.29, 0.717) is 6.54 Å². The Morgan fingerprint density at radius 3 is 2.73 bits per heavy atom. The van der Waals surface area contributed by atoms with Crippen LogP contribution in [0.25, 0.3) is 0 Å². The standard InChI is InChI=1S/C15H21N3O3S/c1-11(19)18-9-6-12-2-3-14(10-15(12)18)22(20,21)17-13-4-7-16-8-5-13/h2-3,10,13,16-17H,4-9H2,1H3. The van der Waals surface area contributed by atoms with Gasteiger partial charge in [0.25, 0.3) is 0 Å². The molecule has 3 rings (SSSR count). The lowest BCUT2D eigenvalue weighted by atomic mass is 10.1. The maximum Gasteiger partial charge on any atom is 0.240 e. The normalized spacial score (nSPS) is 19.2. The number of amides is 1. The lowest BCUT2D eigenvalue weighted by Gasteiger charge is -2.23. The summed E-state index contributed by atoms with van der Waals surface area (Å²) in [5, 5.41) is 3.21. The van der Waals surface area contributed by atoms with Crippen molar-refractivity contribution in [3.63, 3.8) is 0 Å². The highest BCUT2D eigenvalue weighted by Gasteiger charge is 2.26. The fourth-order valence-corrected chi connectivity index (χ4v) is 4.41. The zero-order valence-electron chi connectivity index (χ0n) is 12.6. The fourth-order valence-electron chi connectivity index (χ4n) is 3.08. The Hall–Kier alpha value is -1.44. The molecule has 0 atom stereocenters. The fraction of sp³-hybridized carbons (Fsp3) is 0.533. The summed E-state index contributed by atoms with van der Waals surface area (Å²) < 4.78 is 27.9. The molecule has 1 aromatic rings. The minimum Gasteiger partial charge on any atom is -0.317 e. The second-order valence-electron chi connectivity index (χ2n) is 5.86. The van der Waals surface area contributed by atoms with E-state index in [0.717, 1.165) is 43.6 Å². The van der Waals surface area contributed by atoms with Gasteiger partial charge in [-0.05, 0) is 50.0 Å². The summed E-state index contributed by atoms with van der Waals surface area (Å²) in [6.07, 6.45) is 2.37. The van der Waals surface area contributed by atoms with Gasteiger partial charge in [-0.25, -0.2) is 13.1 Å². The van der Waals surface area contributed by atoms with Crippen LogP contribution in [0, 0.1) is 0 Å². The molecule has 0 unspecified atom stereocenters. The summed E-state index contributed by atoms with van der Waals surface area (Å²) in [6, 6.07) is 5.04. The van der Waals surface area contributed by atoms with Gasteiger partial charge in [-0.2, -0.15) is 0 Å². The average Bonchev–Trinajstić information content (AvgIpc) is 2.91. The van der Waals surface area contributed by atoms with E-state index < -0.39 is 10.0 Å². The molecule has 1 saturated heterocycles. The smallest absolute Gasteiger partial charge is 0.240 e. The average molecular weight is 323 g/mol. The molecule has 1 aromatic carbocycles. The Morgan fingerprint density at radius 1 is 1.32 bits per heavy atom. The molecular weight excluding hydrogens is 302 g/mol. The number of piperidine rings is 1. The Labute approximate surface area is 130 Å². The summed E-state index contributed by atoms with van der Waals surface area (Å²) in [7, 11) is -3.55. The first-order valence-corrected chi connectivity index (χ1v) is 9.10. The van der Waals surface area contributed by atoms with Crippen molar-refractivity contribution in [1.29, 1.82) is 0 Å². The maximum atomic E-state index is 12.5. The van der Waals surface area contributed by atoms with Crippen molar-refractivity contribution in [3.05, 3.63) is 23.8 Å². The number of anilines is 1. The van der Waals surface area contributed by atoms with Crippen LogP contribution in [0.15, 0.2) is 23.1 Å². The number of hydrogen-bond acceptors (Lipinski definition) is 4. The number of rotatable bonds is 3. The zero-order chi connectivity index (χ0) is 15.7. The molecule has 2 aliphatic rings. The summed E-state index contributed by atoms with van der Waals surface area (Å²) >= 11 is 0. The first-order valence-electron chi connectivity index (χ1n) is 7.61. The Bertz CT molecular complexity index is 681. The van der Waals surface area contributed by atoms with Gasteiger partial charge < -0.3 is 10.2 Å². The maximum absolute atomic E-state index is 12.5. The molecule has 1 fully saturated rings. The SMILES string of the molecule is CC(=O)N1CCc2ccc(S(=O)(=O)NC3CCNCC3)cc21. The highest BCUT2D eigenvalue weighted by molar-refractivity contribution is 7.89. The number of benzene rings is 1. The van der Waals surface area contributed by atoms with Crippen LogP contribution in [0.2, 0.25) is 0 Å². The molecule has 0 aliphatic carbocycles. The third kappa shape index (κ3) is 3.02. The zero-order valence-corrected chi connectivity index (χ0v) is 13.4. The number of carbonyl (C=O) groups excluding carboxylic acids is 1. The predicted molar refractivity (Wildman–Crippen MR) is 84.4 cm³/mol. The molecule has 0 bridgehead atoms. The van der Waals surface area contributed by atoms with Gasteiger partial charge >= 0.3 is 0 Å². The van der Waals surface area contributed by atoms with E-state index in [1.54, 1.807) is 17.0 Å². The molecule has 2 N–H and O–H groups in total. The van der Waals surface area contributed by atoms with Crippen LogP contribution in [0.4, 0.5) is 5.69 Å². The Balaban J connectivity index is 1.85. The minimum atomic E-state index is -3.55. The number of nitrogens with zero attached hydrogens (tertiary/aromatic N) is 1. The molecule has 1 amide bonds. The molecule has 0 saturated carbocycles. The van der Waals surface area contributed by atoms with Crippen LogP contribution in [-0.2, 0) is 21.2 Å². The van der Waals surface area contributed by atoms with Gasteiger partial charge in [0.05, 0.1) is 4.90 Å². The molecule has 0 radical (unpaired) electrons. The first kappa shape index (κ1) is 15.5. The van der Waals surface area contributed by atoms with E-state index in [1.165, 1.54) is 6.92 Å². The molecular formula is C15H21N3O3S. The van der Waals surface area contributed by atoms with Gasteiger partial charge in [0, 0.05) is 25.2 Å². The minimum absolute atomic E-state index is 0.0246. The van der Waals surface area contributed by atoms with Gasteiger partial charge in [-0.1, -0.05) is 6.07 Å². The van der Waals surface area contributed by atoms with E-state index in [2.05, 4.69) is 10.0 Å². The van der Waals surface area contributed by atoms with Gasteiger partial charge in [0.2, 0.25) is 15.9 Å². The summed E-state index contributed by atoms with van der Waals surface area (Å²) in [6.45, 7) is 3.78. The number of sulfonamides is 1. The molecule has 6 nitrogen and oxygen atoms in total. The number of fused-ring (bicyclic) bond motifs is 1. The van der Waals surface area contributed by atoms with Crippen LogP contribution in [0.1, 0.15) is 25.3 Å². The van der Waals surface area contributed by atoms with Crippen molar-refractivity contribution in [1.82, 2.24) is 10.0 Å². The lowest BCUT2D eigenvalue weighted by molar-refractivity contribution is -0.116.